The summed E-state index contributed by atoms with van der Waals surface area (Å²) in [5.74, 6) is 0.310. The average Bonchev–Trinajstić information content (AvgIpc) is 2.72. The molecule has 0 bridgehead atoms. The van der Waals surface area contributed by atoms with Crippen LogP contribution in [0.15, 0.2) is 34.2 Å². The first-order valence-corrected chi connectivity index (χ1v) is 11.5. The summed E-state index contributed by atoms with van der Waals surface area (Å²) in [5, 5.41) is 3.04. The van der Waals surface area contributed by atoms with Gasteiger partial charge in [0, 0.05) is 12.2 Å². The molecule has 0 saturated heterocycles. The fourth-order valence-corrected chi connectivity index (χ4v) is 3.76. The van der Waals surface area contributed by atoms with E-state index in [4.69, 9.17) is 11.6 Å². The Kier molecular flexibility index (Phi) is 6.37. The molecule has 3 heterocycles. The molecule has 9 nitrogen and oxygen atoms in total. The molecule has 0 saturated carbocycles. The van der Waals surface area contributed by atoms with Crippen LogP contribution >= 0.6 is 11.6 Å². The van der Waals surface area contributed by atoms with Crippen molar-refractivity contribution in [2.24, 2.45) is 5.92 Å². The largest absolute Gasteiger partial charge is 0.360 e. The number of fused-ring (bicyclic) bond motifs is 1. The highest BCUT2D eigenvalue weighted by molar-refractivity contribution is 7.91. The Morgan fingerprint density at radius 2 is 1.87 bits per heavy atom. The molecular weight excluding hydrogens is 428 g/mol. The number of rotatable bonds is 7. The van der Waals surface area contributed by atoms with Crippen LogP contribution in [0.2, 0.25) is 5.28 Å². The van der Waals surface area contributed by atoms with Crippen molar-refractivity contribution in [3.63, 3.8) is 0 Å². The highest BCUT2D eigenvalue weighted by Gasteiger charge is 2.20. The predicted octanol–water partition coefficient (Wildman–Crippen LogP) is 2.86. The van der Waals surface area contributed by atoms with Gasteiger partial charge in [-0.15, -0.1) is 0 Å². The molecular formula is C19H23ClN6O3S. The molecule has 0 aliphatic carbocycles. The van der Waals surface area contributed by atoms with E-state index in [-0.39, 0.29) is 45.8 Å². The van der Waals surface area contributed by atoms with Crippen molar-refractivity contribution in [2.75, 3.05) is 11.1 Å². The third-order valence-corrected chi connectivity index (χ3v) is 6.85. The number of sulfone groups is 1. The molecule has 0 unspecified atom stereocenters. The quantitative estimate of drug-likeness (QED) is 0.545. The van der Waals surface area contributed by atoms with Crippen LogP contribution in [0.25, 0.3) is 11.2 Å². The summed E-state index contributed by atoms with van der Waals surface area (Å²) < 4.78 is 25.4. The van der Waals surface area contributed by atoms with Crippen molar-refractivity contribution < 1.29 is 8.42 Å². The maximum atomic E-state index is 13.1. The highest BCUT2D eigenvalue weighted by Crippen LogP contribution is 2.21. The van der Waals surface area contributed by atoms with Gasteiger partial charge in [0.05, 0.1) is 29.1 Å². The Labute approximate surface area is 179 Å². The van der Waals surface area contributed by atoms with E-state index in [2.05, 4.69) is 25.3 Å². The topological polar surface area (TPSA) is 120 Å². The predicted molar refractivity (Wildman–Crippen MR) is 115 cm³/mol. The second kappa shape index (κ2) is 8.65. The number of pyridine rings is 1. The van der Waals surface area contributed by atoms with Crippen molar-refractivity contribution in [3.8, 4) is 0 Å². The summed E-state index contributed by atoms with van der Waals surface area (Å²) in [4.78, 5) is 30.0. The molecule has 0 fully saturated rings. The lowest BCUT2D eigenvalue weighted by molar-refractivity contribution is 0.406. The zero-order valence-electron chi connectivity index (χ0n) is 17.1. The van der Waals surface area contributed by atoms with Crippen molar-refractivity contribution >= 4 is 38.4 Å². The lowest BCUT2D eigenvalue weighted by Crippen LogP contribution is -2.30. The van der Waals surface area contributed by atoms with Gasteiger partial charge in [-0.05, 0) is 36.6 Å². The monoisotopic (exact) mass is 450 g/mol. The number of hydrogen-bond donors (Lipinski definition) is 1. The molecule has 0 aliphatic heterocycles. The molecule has 30 heavy (non-hydrogen) atoms. The van der Waals surface area contributed by atoms with E-state index < -0.39 is 9.84 Å². The third kappa shape index (κ3) is 4.44. The van der Waals surface area contributed by atoms with Gasteiger partial charge in [-0.1, -0.05) is 20.8 Å². The summed E-state index contributed by atoms with van der Waals surface area (Å²) in [5.41, 5.74) is 1.05. The standard InChI is InChI=1S/C19H23ClN6O3S/c1-5-30(28,29)14-7-6-13(21-9-14)8-22-16-18(27)26(12(4)11(2)3)17-15(24-16)10-23-19(20)25-17/h6-7,9-12H,5,8H2,1-4H3,(H,22,24)/t12-/m1/s1. The summed E-state index contributed by atoms with van der Waals surface area (Å²) in [6, 6.07) is 2.96. The van der Waals surface area contributed by atoms with Gasteiger partial charge in [0.25, 0.3) is 5.56 Å². The second-order valence-corrected chi connectivity index (χ2v) is 9.83. The Morgan fingerprint density at radius 3 is 2.47 bits per heavy atom. The van der Waals surface area contributed by atoms with Crippen molar-refractivity contribution in [2.45, 2.75) is 45.2 Å². The fraction of sp³-hybridized carbons (Fsp3) is 0.421. The van der Waals surface area contributed by atoms with Crippen LogP contribution in [0.3, 0.4) is 0 Å². The van der Waals surface area contributed by atoms with Gasteiger partial charge in [-0.25, -0.2) is 18.4 Å². The fourth-order valence-electron chi connectivity index (χ4n) is 2.81. The number of anilines is 1. The van der Waals surface area contributed by atoms with Crippen LogP contribution in [-0.2, 0) is 16.4 Å². The molecule has 1 N–H and O–H groups in total. The molecule has 0 aliphatic rings. The molecule has 0 spiro atoms. The van der Waals surface area contributed by atoms with E-state index in [0.29, 0.717) is 16.9 Å². The Bertz CT molecular complexity index is 1230. The van der Waals surface area contributed by atoms with Gasteiger partial charge < -0.3 is 5.32 Å². The minimum Gasteiger partial charge on any atom is -0.360 e. The zero-order chi connectivity index (χ0) is 22.1. The highest BCUT2D eigenvalue weighted by atomic mass is 35.5. The summed E-state index contributed by atoms with van der Waals surface area (Å²) in [6.07, 6.45) is 2.79. The summed E-state index contributed by atoms with van der Waals surface area (Å²) in [6.45, 7) is 7.73. The minimum absolute atomic E-state index is 0.00690. The van der Waals surface area contributed by atoms with Gasteiger partial charge in [0.2, 0.25) is 5.28 Å². The van der Waals surface area contributed by atoms with Crippen molar-refractivity contribution in [1.29, 1.82) is 0 Å². The summed E-state index contributed by atoms with van der Waals surface area (Å²) >= 11 is 5.93. The molecule has 160 valence electrons. The van der Waals surface area contributed by atoms with Gasteiger partial charge in [0.1, 0.15) is 5.52 Å². The van der Waals surface area contributed by atoms with E-state index >= 15 is 0 Å². The van der Waals surface area contributed by atoms with Crippen molar-refractivity contribution in [1.82, 2.24) is 24.5 Å². The molecule has 1 atom stereocenters. The Morgan fingerprint density at radius 1 is 1.13 bits per heavy atom. The molecule has 0 aromatic carbocycles. The van der Waals surface area contributed by atoms with Crippen LogP contribution < -0.4 is 10.9 Å². The Hall–Kier alpha value is -2.59. The van der Waals surface area contributed by atoms with Crippen LogP contribution in [0.1, 0.15) is 39.4 Å². The SMILES string of the molecule is CCS(=O)(=O)c1ccc(CNc2nc3cnc(Cl)nc3n([C@H](C)C(C)C)c2=O)nc1. The van der Waals surface area contributed by atoms with Crippen LogP contribution in [-0.4, -0.2) is 38.7 Å². The van der Waals surface area contributed by atoms with Gasteiger partial charge in [0.15, 0.2) is 21.3 Å². The van der Waals surface area contributed by atoms with Gasteiger partial charge in [-0.3, -0.25) is 14.3 Å². The number of hydrogen-bond acceptors (Lipinski definition) is 8. The lowest BCUT2D eigenvalue weighted by atomic mass is 10.1. The zero-order valence-corrected chi connectivity index (χ0v) is 18.7. The van der Waals surface area contributed by atoms with E-state index in [9.17, 15) is 13.2 Å². The lowest BCUT2D eigenvalue weighted by Gasteiger charge is -2.21. The van der Waals surface area contributed by atoms with Gasteiger partial charge >= 0.3 is 0 Å². The minimum atomic E-state index is -3.31. The number of nitrogens with zero attached hydrogens (tertiary/aromatic N) is 5. The average molecular weight is 451 g/mol. The van der Waals surface area contributed by atoms with E-state index in [0.717, 1.165) is 0 Å². The Balaban J connectivity index is 1.96. The number of aromatic nitrogens is 5. The maximum absolute atomic E-state index is 13.1. The van der Waals surface area contributed by atoms with Crippen LogP contribution in [0.5, 0.6) is 0 Å². The smallest absolute Gasteiger partial charge is 0.295 e. The normalized spacial score (nSPS) is 13.0. The molecule has 3 aromatic rings. The van der Waals surface area contributed by atoms with E-state index in [1.54, 1.807) is 17.6 Å². The van der Waals surface area contributed by atoms with Gasteiger partial charge in [-0.2, -0.15) is 4.98 Å². The van der Waals surface area contributed by atoms with Crippen molar-refractivity contribution in [3.05, 3.63) is 45.9 Å². The van der Waals surface area contributed by atoms with E-state index in [1.165, 1.54) is 18.5 Å². The first-order chi connectivity index (χ1) is 14.1. The maximum Gasteiger partial charge on any atom is 0.295 e. The molecule has 3 rings (SSSR count). The molecule has 0 radical (unpaired) electrons. The molecule has 0 amide bonds. The first kappa shape index (κ1) is 22.1. The van der Waals surface area contributed by atoms with Crippen LogP contribution in [0, 0.1) is 5.92 Å². The van der Waals surface area contributed by atoms with Crippen LogP contribution in [0.4, 0.5) is 5.82 Å². The molecule has 3 aromatic heterocycles. The van der Waals surface area contributed by atoms with E-state index in [1.807, 2.05) is 20.8 Å². The number of nitrogens with one attached hydrogen (secondary N) is 1. The summed E-state index contributed by atoms with van der Waals surface area (Å²) in [7, 11) is -3.31. The third-order valence-electron chi connectivity index (χ3n) is 4.95. The number of halogens is 1. The first-order valence-electron chi connectivity index (χ1n) is 9.50. The second-order valence-electron chi connectivity index (χ2n) is 7.21. The molecule has 11 heteroatoms.